The first-order valence-corrected chi connectivity index (χ1v) is 9.17. The van der Waals surface area contributed by atoms with Crippen molar-refractivity contribution in [2.45, 2.75) is 40.2 Å². The molecule has 0 N–H and O–H groups in total. The van der Waals surface area contributed by atoms with Crippen LogP contribution in [0.2, 0.25) is 0 Å². The highest BCUT2D eigenvalue weighted by Gasteiger charge is 2.38. The Morgan fingerprint density at radius 3 is 2.50 bits per heavy atom. The monoisotopic (exact) mass is 376 g/mol. The van der Waals surface area contributed by atoms with Crippen molar-refractivity contribution in [3.63, 3.8) is 0 Å². The minimum absolute atomic E-state index is 0.135. The van der Waals surface area contributed by atoms with Crippen molar-refractivity contribution in [3.05, 3.63) is 15.8 Å². The van der Waals surface area contributed by atoms with Gasteiger partial charge in [0.2, 0.25) is 11.8 Å². The summed E-state index contributed by atoms with van der Waals surface area (Å²) < 4.78 is 4.87. The number of nitrogens with zero attached hydrogens (tertiary/aromatic N) is 2. The molecule has 0 spiro atoms. The van der Waals surface area contributed by atoms with Crippen molar-refractivity contribution in [3.8, 4) is 11.8 Å². The quantitative estimate of drug-likeness (QED) is 0.601. The Bertz CT molecular complexity index is 795. The van der Waals surface area contributed by atoms with Gasteiger partial charge in [-0.25, -0.2) is 4.79 Å². The van der Waals surface area contributed by atoms with Crippen LogP contribution in [0.4, 0.5) is 5.69 Å². The first-order valence-electron chi connectivity index (χ1n) is 8.35. The molecule has 6 nitrogen and oxygen atoms in total. The molecule has 7 heteroatoms. The van der Waals surface area contributed by atoms with Crippen LogP contribution in [-0.4, -0.2) is 49.4 Å². The number of carbonyl (C=O) groups excluding carboxylic acids is 3. The molecule has 1 aliphatic rings. The molecule has 1 saturated heterocycles. The van der Waals surface area contributed by atoms with E-state index < -0.39 is 12.0 Å². The maximum absolute atomic E-state index is 12.4. The third-order valence-corrected chi connectivity index (χ3v) is 4.97. The molecule has 2 amide bonds. The van der Waals surface area contributed by atoms with E-state index in [1.165, 1.54) is 30.3 Å². The molecule has 0 radical (unpaired) electrons. The molecule has 1 fully saturated rings. The number of esters is 1. The van der Waals surface area contributed by atoms with Crippen LogP contribution in [0.15, 0.2) is 6.07 Å². The number of rotatable bonds is 3. The fourth-order valence-electron chi connectivity index (χ4n) is 2.71. The maximum atomic E-state index is 12.4. The summed E-state index contributed by atoms with van der Waals surface area (Å²) in [6.07, 6.45) is 0.522. The zero-order valence-corrected chi connectivity index (χ0v) is 16.8. The summed E-state index contributed by atoms with van der Waals surface area (Å²) in [4.78, 5) is 40.9. The van der Waals surface area contributed by atoms with Gasteiger partial charge in [-0.15, -0.1) is 11.3 Å². The largest absolute Gasteiger partial charge is 0.465 e. The second kappa shape index (κ2) is 7.50. The van der Waals surface area contributed by atoms with Gasteiger partial charge in [0.1, 0.15) is 10.9 Å². The smallest absolute Gasteiger partial charge is 0.350 e. The van der Waals surface area contributed by atoms with E-state index in [0.717, 1.165) is 0 Å². The van der Waals surface area contributed by atoms with Gasteiger partial charge >= 0.3 is 5.97 Å². The Morgan fingerprint density at radius 1 is 1.38 bits per heavy atom. The van der Waals surface area contributed by atoms with Crippen LogP contribution in [0.25, 0.3) is 0 Å². The summed E-state index contributed by atoms with van der Waals surface area (Å²) >= 11 is 1.17. The van der Waals surface area contributed by atoms with Gasteiger partial charge in [0.15, 0.2) is 0 Å². The van der Waals surface area contributed by atoms with Gasteiger partial charge in [-0.2, -0.15) is 0 Å². The Kier molecular flexibility index (Phi) is 5.77. The van der Waals surface area contributed by atoms with E-state index in [-0.39, 0.29) is 22.1 Å². The number of anilines is 1. The van der Waals surface area contributed by atoms with Crippen LogP contribution in [0, 0.1) is 17.3 Å². The van der Waals surface area contributed by atoms with Crippen molar-refractivity contribution >= 4 is 34.8 Å². The fourth-order valence-corrected chi connectivity index (χ4v) is 3.63. The molecule has 26 heavy (non-hydrogen) atoms. The molecular weight excluding hydrogens is 352 g/mol. The highest BCUT2D eigenvalue weighted by atomic mass is 32.1. The lowest BCUT2D eigenvalue weighted by molar-refractivity contribution is -0.129. The Balaban J connectivity index is 2.54. The number of amides is 2. The van der Waals surface area contributed by atoms with Crippen molar-refractivity contribution in [2.24, 2.45) is 5.41 Å². The summed E-state index contributed by atoms with van der Waals surface area (Å²) in [7, 11) is 2.99. The molecule has 1 aromatic heterocycles. The minimum atomic E-state index is -0.612. The lowest BCUT2D eigenvalue weighted by atomic mass is 9.98. The third kappa shape index (κ3) is 4.25. The van der Waals surface area contributed by atoms with Crippen LogP contribution in [-0.2, 0) is 14.3 Å². The maximum Gasteiger partial charge on any atom is 0.350 e. The zero-order valence-electron chi connectivity index (χ0n) is 16.0. The van der Waals surface area contributed by atoms with Crippen LogP contribution in [0.3, 0.4) is 0 Å². The predicted molar refractivity (Wildman–Crippen MR) is 101 cm³/mol. The fraction of sp³-hybridized carbons (Fsp3) is 0.526. The number of hydrogen-bond acceptors (Lipinski definition) is 5. The molecule has 1 aliphatic heterocycles. The van der Waals surface area contributed by atoms with Gasteiger partial charge in [0.25, 0.3) is 0 Å². The highest BCUT2D eigenvalue weighted by Crippen LogP contribution is 2.34. The molecule has 0 bridgehead atoms. The minimum Gasteiger partial charge on any atom is -0.465 e. The number of hydrogen-bond donors (Lipinski definition) is 0. The van der Waals surface area contributed by atoms with E-state index in [0.29, 0.717) is 23.5 Å². The Hall–Kier alpha value is -2.33. The summed E-state index contributed by atoms with van der Waals surface area (Å²) in [5.41, 5.74) is 0.196. The first kappa shape index (κ1) is 20.0. The molecule has 1 aromatic rings. The second-order valence-corrected chi connectivity index (χ2v) is 8.32. The van der Waals surface area contributed by atoms with Crippen LogP contribution < -0.4 is 4.90 Å². The summed E-state index contributed by atoms with van der Waals surface area (Å²) in [5, 5.41) is 0. The zero-order chi connectivity index (χ0) is 19.6. The molecule has 2 heterocycles. The normalized spacial score (nSPS) is 16.9. The van der Waals surface area contributed by atoms with E-state index >= 15 is 0 Å². The predicted octanol–water partition coefficient (Wildman–Crippen LogP) is 2.52. The van der Waals surface area contributed by atoms with Gasteiger partial charge in [0, 0.05) is 25.9 Å². The molecule has 1 atom stereocenters. The number of likely N-dealkylation sites (tertiary alicyclic amines) is 1. The molecule has 2 rings (SSSR count). The van der Waals surface area contributed by atoms with Crippen LogP contribution >= 0.6 is 11.3 Å². The molecule has 140 valence electrons. The standard InChI is InChI=1S/C19H24N2O4S/c1-12(22)21(14-8-10-20(5)17(14)23)15-11-13(7-9-19(2,3)4)26-16(15)18(24)25-6/h11,14H,8,10H2,1-6H3. The number of likely N-dealkylation sites (N-methyl/N-ethyl adjacent to an activating group) is 1. The van der Waals surface area contributed by atoms with E-state index in [1.54, 1.807) is 18.0 Å². The van der Waals surface area contributed by atoms with Gasteiger partial charge in [-0.05, 0) is 33.3 Å². The van der Waals surface area contributed by atoms with Crippen molar-refractivity contribution in [1.29, 1.82) is 0 Å². The lowest BCUT2D eigenvalue weighted by Crippen LogP contribution is -2.44. The van der Waals surface area contributed by atoms with E-state index in [9.17, 15) is 14.4 Å². The molecule has 0 aromatic carbocycles. The number of methoxy groups -OCH3 is 1. The van der Waals surface area contributed by atoms with E-state index in [1.807, 2.05) is 20.8 Å². The lowest BCUT2D eigenvalue weighted by Gasteiger charge is -2.26. The average molecular weight is 376 g/mol. The average Bonchev–Trinajstić information content (AvgIpc) is 3.10. The van der Waals surface area contributed by atoms with Crippen molar-refractivity contribution < 1.29 is 19.1 Å². The summed E-state index contributed by atoms with van der Waals surface area (Å²) in [6, 6.07) is 1.08. The van der Waals surface area contributed by atoms with Crippen molar-refractivity contribution in [1.82, 2.24) is 4.90 Å². The Labute approximate surface area is 158 Å². The third-order valence-electron chi connectivity index (χ3n) is 3.95. The van der Waals surface area contributed by atoms with Gasteiger partial charge < -0.3 is 9.64 Å². The van der Waals surface area contributed by atoms with E-state index in [2.05, 4.69) is 11.8 Å². The first-order chi connectivity index (χ1) is 12.0. The van der Waals surface area contributed by atoms with Crippen LogP contribution in [0.1, 0.15) is 48.7 Å². The number of thiophene rings is 1. The molecule has 0 aliphatic carbocycles. The van der Waals surface area contributed by atoms with Gasteiger partial charge in [0.05, 0.1) is 17.7 Å². The molecular formula is C19H24N2O4S. The Morgan fingerprint density at radius 2 is 2.04 bits per heavy atom. The molecule has 0 saturated carbocycles. The van der Waals surface area contributed by atoms with E-state index in [4.69, 9.17) is 4.74 Å². The van der Waals surface area contributed by atoms with Gasteiger partial charge in [-0.3, -0.25) is 14.5 Å². The number of ether oxygens (including phenoxy) is 1. The summed E-state index contributed by atoms with van der Waals surface area (Å²) in [6.45, 7) is 7.94. The topological polar surface area (TPSA) is 66.9 Å². The van der Waals surface area contributed by atoms with Crippen LogP contribution in [0.5, 0.6) is 0 Å². The SMILES string of the molecule is COC(=O)c1sc(C#CC(C)(C)C)cc1N(C(C)=O)C1CCN(C)C1=O. The number of carbonyl (C=O) groups is 3. The second-order valence-electron chi connectivity index (χ2n) is 7.27. The molecule has 1 unspecified atom stereocenters. The van der Waals surface area contributed by atoms with Crippen molar-refractivity contribution in [2.75, 3.05) is 25.6 Å². The van der Waals surface area contributed by atoms with Gasteiger partial charge in [-0.1, -0.05) is 11.8 Å². The highest BCUT2D eigenvalue weighted by molar-refractivity contribution is 7.15. The summed E-state index contributed by atoms with van der Waals surface area (Å²) in [5.74, 6) is 5.20.